The van der Waals surface area contributed by atoms with E-state index in [4.69, 9.17) is 17.0 Å². The van der Waals surface area contributed by atoms with Gasteiger partial charge in [0.2, 0.25) is 0 Å². The van der Waals surface area contributed by atoms with E-state index >= 15 is 0 Å². The van der Waals surface area contributed by atoms with Gasteiger partial charge in [-0.3, -0.25) is 4.79 Å². The molecule has 4 rings (SSSR count). The Morgan fingerprint density at radius 2 is 2.00 bits per heavy atom. The molecular formula is C21H28O2S. The molecule has 3 saturated carbocycles. The molecule has 0 amide bonds. The maximum Gasteiger partial charge on any atom is 0.178 e. The summed E-state index contributed by atoms with van der Waals surface area (Å²) in [6.07, 6.45) is 13.2. The molecule has 0 radical (unpaired) electrons. The lowest BCUT2D eigenvalue weighted by Crippen LogP contribution is -2.50. The lowest BCUT2D eigenvalue weighted by molar-refractivity contribution is -0.111. The second-order valence-corrected chi connectivity index (χ2v) is 9.20. The summed E-state index contributed by atoms with van der Waals surface area (Å²) in [6, 6.07) is 0. The monoisotopic (exact) mass is 344 g/mol. The average molecular weight is 345 g/mol. The molecule has 2 nitrogen and oxygen atoms in total. The van der Waals surface area contributed by atoms with E-state index < -0.39 is 0 Å². The zero-order valence-electron chi connectivity index (χ0n) is 15.0. The van der Waals surface area contributed by atoms with E-state index in [0.717, 1.165) is 23.3 Å². The molecule has 0 bridgehead atoms. The van der Waals surface area contributed by atoms with Gasteiger partial charge in [-0.05, 0) is 86.1 Å². The van der Waals surface area contributed by atoms with Crippen molar-refractivity contribution in [2.45, 2.75) is 52.4 Å². The van der Waals surface area contributed by atoms with Crippen LogP contribution < -0.4 is 0 Å². The highest BCUT2D eigenvalue weighted by atomic mass is 32.1. The van der Waals surface area contributed by atoms with E-state index in [-0.39, 0.29) is 11.2 Å². The third-order valence-corrected chi connectivity index (χ3v) is 8.49. The minimum absolute atomic E-state index is 0.0952. The number of allylic oxidation sites excluding steroid dienone is 4. The molecule has 0 heterocycles. The van der Waals surface area contributed by atoms with Gasteiger partial charge in [0.1, 0.15) is 0 Å². The fourth-order valence-corrected chi connectivity index (χ4v) is 7.11. The maximum absolute atomic E-state index is 11.8. The van der Waals surface area contributed by atoms with Crippen molar-refractivity contribution in [1.82, 2.24) is 0 Å². The molecule has 130 valence electrons. The SMILES string of the molecule is COC(=S)C1CC[C@H]2[C@@H]3CCC4=CC(=O)C=C[C@]4(C)[C@H]3CC[C@]12C. The number of fused-ring (bicyclic) bond motifs is 5. The standard InChI is InChI=1S/C21H28O2S/c1-20-10-8-14(22)12-13(20)4-5-15-16-6-7-18(19(24)23-3)21(16,2)11-9-17(15)20/h8,10,12,15-18H,4-7,9,11H2,1-3H3/t15-,16-,17-,18?,20-,21-/m0/s1. The summed E-state index contributed by atoms with van der Waals surface area (Å²) in [6.45, 7) is 4.83. The zero-order chi connectivity index (χ0) is 17.1. The smallest absolute Gasteiger partial charge is 0.178 e. The number of ketones is 1. The van der Waals surface area contributed by atoms with Crippen LogP contribution in [0, 0.1) is 34.5 Å². The molecule has 0 saturated heterocycles. The van der Waals surface area contributed by atoms with Crippen molar-refractivity contribution in [2.24, 2.45) is 34.5 Å². The largest absolute Gasteiger partial charge is 0.490 e. The average Bonchev–Trinajstić information content (AvgIpc) is 2.92. The van der Waals surface area contributed by atoms with Crippen LogP contribution in [-0.4, -0.2) is 17.9 Å². The summed E-state index contributed by atoms with van der Waals surface area (Å²) >= 11 is 5.55. The third-order valence-electron chi connectivity index (χ3n) is 8.04. The van der Waals surface area contributed by atoms with Crippen molar-refractivity contribution in [3.63, 3.8) is 0 Å². The van der Waals surface area contributed by atoms with Crippen molar-refractivity contribution in [3.8, 4) is 0 Å². The minimum atomic E-state index is 0.0952. The Kier molecular flexibility index (Phi) is 3.80. The molecule has 3 fully saturated rings. The summed E-state index contributed by atoms with van der Waals surface area (Å²) in [7, 11) is 1.73. The van der Waals surface area contributed by atoms with Gasteiger partial charge in [0.05, 0.1) is 7.11 Å². The van der Waals surface area contributed by atoms with Crippen LogP contribution in [0.2, 0.25) is 0 Å². The minimum Gasteiger partial charge on any atom is -0.490 e. The topological polar surface area (TPSA) is 26.3 Å². The summed E-state index contributed by atoms with van der Waals surface area (Å²) in [5.41, 5.74) is 1.78. The van der Waals surface area contributed by atoms with E-state index in [9.17, 15) is 4.79 Å². The van der Waals surface area contributed by atoms with Crippen molar-refractivity contribution in [3.05, 3.63) is 23.8 Å². The highest BCUT2D eigenvalue weighted by Gasteiger charge is 2.59. The predicted octanol–water partition coefficient (Wildman–Crippen LogP) is 4.88. The number of carbonyl (C=O) groups is 1. The zero-order valence-corrected chi connectivity index (χ0v) is 15.8. The number of rotatable bonds is 1. The van der Waals surface area contributed by atoms with Gasteiger partial charge in [0.15, 0.2) is 10.8 Å². The molecule has 1 unspecified atom stereocenters. The van der Waals surface area contributed by atoms with E-state index in [0.29, 0.717) is 17.3 Å². The molecule has 0 N–H and O–H groups in total. The number of thiocarbonyl (C=S) groups is 1. The van der Waals surface area contributed by atoms with Gasteiger partial charge in [-0.15, -0.1) is 0 Å². The molecule has 0 aromatic heterocycles. The molecule has 6 atom stereocenters. The molecule has 0 aliphatic heterocycles. The quantitative estimate of drug-likeness (QED) is 0.634. The van der Waals surface area contributed by atoms with Crippen LogP contribution in [0.25, 0.3) is 0 Å². The third kappa shape index (κ3) is 2.13. The molecular weight excluding hydrogens is 316 g/mol. The van der Waals surface area contributed by atoms with Gasteiger partial charge in [0, 0.05) is 11.3 Å². The van der Waals surface area contributed by atoms with Crippen molar-refractivity contribution in [1.29, 1.82) is 0 Å². The number of ether oxygens (including phenoxy) is 1. The number of hydrogen-bond donors (Lipinski definition) is 0. The van der Waals surface area contributed by atoms with Crippen LogP contribution in [0.5, 0.6) is 0 Å². The summed E-state index contributed by atoms with van der Waals surface area (Å²) in [5.74, 6) is 2.80. The highest BCUT2D eigenvalue weighted by molar-refractivity contribution is 7.80. The van der Waals surface area contributed by atoms with Gasteiger partial charge in [-0.2, -0.15) is 0 Å². The number of methoxy groups -OCH3 is 1. The van der Waals surface area contributed by atoms with E-state index in [2.05, 4.69) is 19.9 Å². The Morgan fingerprint density at radius 1 is 1.21 bits per heavy atom. The first-order valence-corrected chi connectivity index (χ1v) is 9.83. The Morgan fingerprint density at radius 3 is 2.75 bits per heavy atom. The van der Waals surface area contributed by atoms with Gasteiger partial charge in [0.25, 0.3) is 0 Å². The maximum atomic E-state index is 11.8. The highest BCUT2D eigenvalue weighted by Crippen LogP contribution is 2.66. The first-order chi connectivity index (χ1) is 11.4. The predicted molar refractivity (Wildman–Crippen MR) is 99.7 cm³/mol. The molecule has 0 spiro atoms. The summed E-state index contributed by atoms with van der Waals surface area (Å²) in [5, 5.41) is 0.823. The van der Waals surface area contributed by atoms with Crippen molar-refractivity contribution >= 4 is 23.1 Å². The van der Waals surface area contributed by atoms with Gasteiger partial charge >= 0.3 is 0 Å². The second kappa shape index (κ2) is 5.52. The summed E-state index contributed by atoms with van der Waals surface area (Å²) in [4.78, 5) is 11.8. The van der Waals surface area contributed by atoms with Crippen LogP contribution >= 0.6 is 12.2 Å². The van der Waals surface area contributed by atoms with Crippen LogP contribution in [-0.2, 0) is 9.53 Å². The Balaban J connectivity index is 1.66. The fraction of sp³-hybridized carbons (Fsp3) is 0.714. The van der Waals surface area contributed by atoms with Gasteiger partial charge in [-0.1, -0.05) is 25.5 Å². The molecule has 0 aromatic rings. The molecule has 4 aliphatic rings. The Labute approximate surface area is 150 Å². The Hall–Kier alpha value is -0.960. The first-order valence-electron chi connectivity index (χ1n) is 9.42. The van der Waals surface area contributed by atoms with Gasteiger partial charge in [-0.25, -0.2) is 0 Å². The van der Waals surface area contributed by atoms with Crippen molar-refractivity contribution < 1.29 is 9.53 Å². The molecule has 24 heavy (non-hydrogen) atoms. The number of carbonyl (C=O) groups excluding carboxylic acids is 1. The normalized spacial score (nSPS) is 46.6. The fourth-order valence-electron chi connectivity index (χ4n) is 6.73. The first kappa shape index (κ1) is 16.5. The van der Waals surface area contributed by atoms with E-state index in [1.807, 2.05) is 6.08 Å². The Bertz CT molecular complexity index is 648. The molecule has 3 heteroatoms. The van der Waals surface area contributed by atoms with Crippen molar-refractivity contribution in [2.75, 3.05) is 7.11 Å². The van der Waals surface area contributed by atoms with E-state index in [1.54, 1.807) is 13.2 Å². The van der Waals surface area contributed by atoms with Gasteiger partial charge < -0.3 is 4.74 Å². The summed E-state index contributed by atoms with van der Waals surface area (Å²) < 4.78 is 5.48. The van der Waals surface area contributed by atoms with Crippen LogP contribution in [0.3, 0.4) is 0 Å². The second-order valence-electron chi connectivity index (χ2n) is 8.80. The van der Waals surface area contributed by atoms with E-state index in [1.165, 1.54) is 37.7 Å². The molecule has 0 aromatic carbocycles. The van der Waals surface area contributed by atoms with Crippen LogP contribution in [0.4, 0.5) is 0 Å². The lowest BCUT2D eigenvalue weighted by Gasteiger charge is -2.57. The number of hydrogen-bond acceptors (Lipinski definition) is 3. The lowest BCUT2D eigenvalue weighted by atomic mass is 9.48. The molecule has 4 aliphatic carbocycles. The van der Waals surface area contributed by atoms with Crippen LogP contribution in [0.1, 0.15) is 52.4 Å². The van der Waals surface area contributed by atoms with Crippen LogP contribution in [0.15, 0.2) is 23.8 Å².